The summed E-state index contributed by atoms with van der Waals surface area (Å²) >= 11 is 0. The minimum atomic E-state index is 0.226. The molecule has 4 heteroatoms. The summed E-state index contributed by atoms with van der Waals surface area (Å²) in [6, 6.07) is 32.7. The van der Waals surface area contributed by atoms with Crippen LogP contribution in [0.4, 0.5) is 0 Å². The molecule has 248 valence electrons. The summed E-state index contributed by atoms with van der Waals surface area (Å²) in [5, 5.41) is 11.6. The van der Waals surface area contributed by atoms with Crippen LogP contribution in [0, 0.1) is 46.8 Å². The molecule has 8 aliphatic carbocycles. The molecule has 0 aliphatic heterocycles. The van der Waals surface area contributed by atoms with Gasteiger partial charge in [0.05, 0.1) is 11.6 Å². The predicted octanol–water partition coefficient (Wildman–Crippen LogP) is 10.8. The Morgan fingerprint density at radius 2 is 1.04 bits per heavy atom. The Kier molecular flexibility index (Phi) is 6.36. The standard InChI is InChI=1S/C46H44N4/c47-27-28-6-7-37-19-38(9-8-36(37)18-28)43-48-42(35-4-2-1-3-5-35)49-44(50-43)40-11-10-39(45-21-29-12-30(22-45)14-31(13-29)23-45)20-41(40)46-24-32-15-33(25-46)17-34(16-32)26-46/h1-11,18-20,29-34H,12-17,21-26H2/t29-,30+,31-,32-,33+,34-,45?,46?. The Bertz CT molecular complexity index is 2140. The van der Waals surface area contributed by atoms with Crippen LogP contribution >= 0.6 is 0 Å². The lowest BCUT2D eigenvalue weighted by Gasteiger charge is -2.59. The van der Waals surface area contributed by atoms with E-state index in [9.17, 15) is 5.26 Å². The van der Waals surface area contributed by atoms with Gasteiger partial charge in [-0.05, 0) is 163 Å². The van der Waals surface area contributed by atoms with E-state index in [1.54, 1.807) is 11.1 Å². The Balaban J connectivity index is 1.10. The average molecular weight is 653 g/mol. The molecule has 0 unspecified atom stereocenters. The minimum Gasteiger partial charge on any atom is -0.208 e. The van der Waals surface area contributed by atoms with Gasteiger partial charge in [0.2, 0.25) is 0 Å². The number of rotatable bonds is 5. The van der Waals surface area contributed by atoms with Gasteiger partial charge in [-0.2, -0.15) is 5.26 Å². The maximum Gasteiger partial charge on any atom is 0.164 e. The van der Waals surface area contributed by atoms with Gasteiger partial charge < -0.3 is 0 Å². The molecule has 4 nitrogen and oxygen atoms in total. The molecular weight excluding hydrogens is 609 g/mol. The second-order valence-electron chi connectivity index (χ2n) is 17.7. The lowest BCUT2D eigenvalue weighted by atomic mass is 9.46. The summed E-state index contributed by atoms with van der Waals surface area (Å²) in [5.74, 6) is 7.64. The maximum atomic E-state index is 9.47. The van der Waals surface area contributed by atoms with Crippen LogP contribution in [-0.2, 0) is 10.8 Å². The number of aromatic nitrogens is 3. The highest BCUT2D eigenvalue weighted by molar-refractivity contribution is 5.87. The number of nitrogens with zero attached hydrogens (tertiary/aromatic N) is 4. The van der Waals surface area contributed by atoms with Crippen LogP contribution < -0.4 is 0 Å². The second-order valence-corrected chi connectivity index (χ2v) is 17.7. The van der Waals surface area contributed by atoms with E-state index >= 15 is 0 Å². The SMILES string of the molecule is N#Cc1ccc2cc(-c3nc(-c4ccccc4)nc(-c4ccc(C56C[C@H]7C[C@@H](C5)C[C@@H](C6)C7)cc4C45C[C@H]6C[C@@H](C4)C[C@@H](C5)C6)n3)ccc2c1. The van der Waals surface area contributed by atoms with Crippen LogP contribution in [0.25, 0.3) is 44.9 Å². The lowest BCUT2D eigenvalue weighted by molar-refractivity contribution is -0.00820. The van der Waals surface area contributed by atoms with Gasteiger partial charge in [-0.3, -0.25) is 0 Å². The van der Waals surface area contributed by atoms with Crippen molar-refractivity contribution in [1.29, 1.82) is 5.26 Å². The van der Waals surface area contributed by atoms with Crippen LogP contribution in [0.15, 0.2) is 84.9 Å². The van der Waals surface area contributed by atoms with Gasteiger partial charge >= 0.3 is 0 Å². The molecule has 8 saturated carbocycles. The topological polar surface area (TPSA) is 62.5 Å². The molecule has 13 rings (SSSR count). The molecule has 0 spiro atoms. The number of hydrogen-bond acceptors (Lipinski definition) is 4. The quantitative estimate of drug-likeness (QED) is 0.190. The summed E-state index contributed by atoms with van der Waals surface area (Å²) in [6.45, 7) is 0. The van der Waals surface area contributed by atoms with Crippen LogP contribution in [0.5, 0.6) is 0 Å². The van der Waals surface area contributed by atoms with Crippen molar-refractivity contribution in [2.75, 3.05) is 0 Å². The van der Waals surface area contributed by atoms with Gasteiger partial charge in [-0.15, -0.1) is 0 Å². The zero-order valence-electron chi connectivity index (χ0n) is 28.8. The van der Waals surface area contributed by atoms with Crippen LogP contribution in [0.1, 0.15) is 93.7 Å². The molecule has 0 N–H and O–H groups in total. The monoisotopic (exact) mass is 652 g/mol. The Morgan fingerprint density at radius 3 is 1.66 bits per heavy atom. The van der Waals surface area contributed by atoms with Crippen molar-refractivity contribution in [2.24, 2.45) is 35.5 Å². The molecule has 0 saturated heterocycles. The molecule has 8 fully saturated rings. The van der Waals surface area contributed by atoms with Crippen LogP contribution in [0.3, 0.4) is 0 Å². The highest BCUT2D eigenvalue weighted by atomic mass is 15.0. The van der Waals surface area contributed by atoms with E-state index in [2.05, 4.69) is 72.8 Å². The van der Waals surface area contributed by atoms with Crippen molar-refractivity contribution in [1.82, 2.24) is 15.0 Å². The first kappa shape index (κ1) is 29.4. The third-order valence-corrected chi connectivity index (χ3v) is 14.4. The number of benzene rings is 4. The van der Waals surface area contributed by atoms with Crippen molar-refractivity contribution in [3.8, 4) is 40.2 Å². The van der Waals surface area contributed by atoms with Gasteiger partial charge in [-0.1, -0.05) is 66.7 Å². The highest BCUT2D eigenvalue weighted by Gasteiger charge is 2.54. The summed E-state index contributed by atoms with van der Waals surface area (Å²) in [4.78, 5) is 15.8. The van der Waals surface area contributed by atoms with E-state index in [0.717, 1.165) is 69.1 Å². The largest absolute Gasteiger partial charge is 0.208 e. The summed E-state index contributed by atoms with van der Waals surface area (Å²) < 4.78 is 0. The van der Waals surface area contributed by atoms with Crippen molar-refractivity contribution in [3.63, 3.8) is 0 Å². The van der Waals surface area contributed by atoms with E-state index < -0.39 is 0 Å². The summed E-state index contributed by atoms with van der Waals surface area (Å²) in [5.41, 5.74) is 7.68. The number of nitriles is 1. The molecule has 0 radical (unpaired) electrons. The molecule has 0 atom stereocenters. The summed E-state index contributed by atoms with van der Waals surface area (Å²) in [7, 11) is 0. The molecule has 0 amide bonds. The normalized spacial score (nSPS) is 33.2. The van der Waals surface area contributed by atoms with Gasteiger partial charge in [-0.25, -0.2) is 15.0 Å². The third-order valence-electron chi connectivity index (χ3n) is 14.4. The van der Waals surface area contributed by atoms with E-state index in [1.165, 1.54) is 82.6 Å². The zero-order chi connectivity index (χ0) is 33.0. The first-order chi connectivity index (χ1) is 24.5. The van der Waals surface area contributed by atoms with Gasteiger partial charge in [0.25, 0.3) is 0 Å². The maximum absolute atomic E-state index is 9.47. The molecule has 4 aromatic carbocycles. The number of hydrogen-bond donors (Lipinski definition) is 0. The van der Waals surface area contributed by atoms with Crippen molar-refractivity contribution < 1.29 is 0 Å². The van der Waals surface area contributed by atoms with Crippen LogP contribution in [0.2, 0.25) is 0 Å². The van der Waals surface area contributed by atoms with Crippen molar-refractivity contribution >= 4 is 10.8 Å². The van der Waals surface area contributed by atoms with E-state index in [0.29, 0.717) is 16.8 Å². The second kappa shape index (κ2) is 10.8. The molecule has 1 aromatic heterocycles. The molecule has 8 bridgehead atoms. The van der Waals surface area contributed by atoms with E-state index in [-0.39, 0.29) is 5.41 Å². The average Bonchev–Trinajstić information content (AvgIpc) is 3.13. The Hall–Kier alpha value is -4.36. The van der Waals surface area contributed by atoms with Gasteiger partial charge in [0, 0.05) is 16.7 Å². The highest BCUT2D eigenvalue weighted by Crippen LogP contribution is 2.64. The van der Waals surface area contributed by atoms with Gasteiger partial charge in [0.15, 0.2) is 17.5 Å². The molecule has 50 heavy (non-hydrogen) atoms. The minimum absolute atomic E-state index is 0.226. The van der Waals surface area contributed by atoms with E-state index in [4.69, 9.17) is 15.0 Å². The summed E-state index contributed by atoms with van der Waals surface area (Å²) in [6.07, 6.45) is 16.9. The molecular formula is C46H44N4. The predicted molar refractivity (Wildman–Crippen MR) is 198 cm³/mol. The Morgan fingerprint density at radius 1 is 0.500 bits per heavy atom. The van der Waals surface area contributed by atoms with Crippen molar-refractivity contribution in [2.45, 2.75) is 87.9 Å². The van der Waals surface area contributed by atoms with E-state index in [1.807, 2.05) is 18.2 Å². The molecule has 1 heterocycles. The fraction of sp³-hybridized carbons (Fsp3) is 0.435. The first-order valence-corrected chi connectivity index (χ1v) is 19.4. The zero-order valence-corrected chi connectivity index (χ0v) is 28.8. The molecule has 8 aliphatic rings. The van der Waals surface area contributed by atoms with Gasteiger partial charge in [0.1, 0.15) is 0 Å². The third kappa shape index (κ3) is 4.65. The number of fused-ring (bicyclic) bond motifs is 1. The van der Waals surface area contributed by atoms with Crippen molar-refractivity contribution in [3.05, 3.63) is 102 Å². The fourth-order valence-electron chi connectivity index (χ4n) is 13.2. The fourth-order valence-corrected chi connectivity index (χ4v) is 13.2. The lowest BCUT2D eigenvalue weighted by Crippen LogP contribution is -2.50. The molecule has 5 aromatic rings. The Labute approximate surface area is 295 Å². The smallest absolute Gasteiger partial charge is 0.164 e. The van der Waals surface area contributed by atoms with Crippen LogP contribution in [-0.4, -0.2) is 15.0 Å². The first-order valence-electron chi connectivity index (χ1n) is 19.4.